The van der Waals surface area contributed by atoms with Crippen LogP contribution in [0, 0.1) is 10.8 Å². The SMILES string of the molecule is COC(=O)C12CCC(C(=O)NCc3nccnc3Cl)(CC1)CC2. The summed E-state index contributed by atoms with van der Waals surface area (Å²) in [6, 6.07) is 0. The third-order valence-corrected chi connectivity index (χ3v) is 5.80. The van der Waals surface area contributed by atoms with Crippen LogP contribution in [0.4, 0.5) is 0 Å². The lowest BCUT2D eigenvalue weighted by molar-refractivity contribution is -0.166. The molecule has 124 valence electrons. The van der Waals surface area contributed by atoms with Gasteiger partial charge < -0.3 is 10.1 Å². The number of aromatic nitrogens is 2. The number of nitrogens with one attached hydrogen (secondary N) is 1. The zero-order valence-electron chi connectivity index (χ0n) is 13.1. The highest BCUT2D eigenvalue weighted by Crippen LogP contribution is 2.57. The number of hydrogen-bond acceptors (Lipinski definition) is 5. The van der Waals surface area contributed by atoms with Gasteiger partial charge in [-0.15, -0.1) is 0 Å². The van der Waals surface area contributed by atoms with Gasteiger partial charge in [0, 0.05) is 17.8 Å². The van der Waals surface area contributed by atoms with E-state index in [1.807, 2.05) is 0 Å². The van der Waals surface area contributed by atoms with Crippen LogP contribution in [0.5, 0.6) is 0 Å². The average molecular weight is 338 g/mol. The van der Waals surface area contributed by atoms with Gasteiger partial charge in [0.05, 0.1) is 24.8 Å². The fraction of sp³-hybridized carbons (Fsp3) is 0.625. The van der Waals surface area contributed by atoms with Crippen LogP contribution < -0.4 is 5.32 Å². The molecule has 3 saturated carbocycles. The fourth-order valence-corrected chi connectivity index (χ4v) is 4.04. The second-order valence-corrected chi connectivity index (χ2v) is 6.89. The Labute approximate surface area is 140 Å². The highest BCUT2D eigenvalue weighted by atomic mass is 35.5. The van der Waals surface area contributed by atoms with Crippen molar-refractivity contribution in [1.82, 2.24) is 15.3 Å². The zero-order chi connectivity index (χ0) is 16.5. The number of ether oxygens (including phenoxy) is 1. The fourth-order valence-electron chi connectivity index (χ4n) is 3.87. The first-order chi connectivity index (χ1) is 11.0. The number of fused-ring (bicyclic) bond motifs is 3. The first-order valence-corrected chi connectivity index (χ1v) is 8.21. The minimum absolute atomic E-state index is 0.0254. The maximum Gasteiger partial charge on any atom is 0.311 e. The van der Waals surface area contributed by atoms with Crippen LogP contribution in [0.2, 0.25) is 5.15 Å². The molecular weight excluding hydrogens is 318 g/mol. The van der Waals surface area contributed by atoms with E-state index in [2.05, 4.69) is 15.3 Å². The number of carbonyl (C=O) groups excluding carboxylic acids is 2. The van der Waals surface area contributed by atoms with E-state index < -0.39 is 0 Å². The minimum atomic E-state index is -0.371. The van der Waals surface area contributed by atoms with Gasteiger partial charge in [0.25, 0.3) is 0 Å². The molecule has 2 bridgehead atoms. The molecular formula is C16H20ClN3O3. The van der Waals surface area contributed by atoms with E-state index in [1.165, 1.54) is 13.3 Å². The number of hydrogen-bond donors (Lipinski definition) is 1. The summed E-state index contributed by atoms with van der Waals surface area (Å²) in [6.07, 6.45) is 7.40. The third-order valence-electron chi connectivity index (χ3n) is 5.49. The van der Waals surface area contributed by atoms with Crippen molar-refractivity contribution in [2.75, 3.05) is 7.11 Å². The Morgan fingerprint density at radius 3 is 2.26 bits per heavy atom. The molecule has 1 aromatic heterocycles. The molecule has 0 aliphatic heterocycles. The quantitative estimate of drug-likeness (QED) is 0.852. The molecule has 0 radical (unpaired) electrons. The summed E-state index contributed by atoms with van der Waals surface area (Å²) in [5, 5.41) is 3.25. The highest BCUT2D eigenvalue weighted by molar-refractivity contribution is 6.29. The van der Waals surface area contributed by atoms with Crippen molar-refractivity contribution in [3.05, 3.63) is 23.2 Å². The van der Waals surface area contributed by atoms with E-state index >= 15 is 0 Å². The van der Waals surface area contributed by atoms with Crippen molar-refractivity contribution in [2.24, 2.45) is 10.8 Å². The van der Waals surface area contributed by atoms with Crippen molar-refractivity contribution in [2.45, 2.75) is 45.1 Å². The molecule has 7 heteroatoms. The predicted molar refractivity (Wildman–Crippen MR) is 83.5 cm³/mol. The van der Waals surface area contributed by atoms with Gasteiger partial charge in [-0.1, -0.05) is 11.6 Å². The van der Waals surface area contributed by atoms with E-state index in [0.29, 0.717) is 10.8 Å². The summed E-state index contributed by atoms with van der Waals surface area (Å²) < 4.78 is 4.95. The number of carbonyl (C=O) groups is 2. The van der Waals surface area contributed by atoms with Crippen LogP contribution in [-0.4, -0.2) is 29.0 Å². The number of nitrogens with zero attached hydrogens (tertiary/aromatic N) is 2. The lowest BCUT2D eigenvalue weighted by Crippen LogP contribution is -2.52. The van der Waals surface area contributed by atoms with Gasteiger partial charge in [-0.25, -0.2) is 4.98 Å². The van der Waals surface area contributed by atoms with Crippen LogP contribution in [0.25, 0.3) is 0 Å². The summed E-state index contributed by atoms with van der Waals surface area (Å²) >= 11 is 5.96. The molecule has 0 atom stereocenters. The molecule has 4 rings (SSSR count). The van der Waals surface area contributed by atoms with Crippen molar-refractivity contribution in [3.63, 3.8) is 0 Å². The van der Waals surface area contributed by atoms with Gasteiger partial charge in [0.2, 0.25) is 5.91 Å². The number of esters is 1. The molecule has 3 fully saturated rings. The Morgan fingerprint density at radius 1 is 1.13 bits per heavy atom. The first-order valence-electron chi connectivity index (χ1n) is 7.83. The Kier molecular flexibility index (Phi) is 4.27. The molecule has 0 unspecified atom stereocenters. The predicted octanol–water partition coefficient (Wildman–Crippen LogP) is 2.26. The smallest absolute Gasteiger partial charge is 0.311 e. The maximum atomic E-state index is 12.7. The third kappa shape index (κ3) is 2.80. The summed E-state index contributed by atoms with van der Waals surface area (Å²) in [5.74, 6) is -0.102. The molecule has 0 spiro atoms. The zero-order valence-corrected chi connectivity index (χ0v) is 13.9. The largest absolute Gasteiger partial charge is 0.469 e. The Balaban J connectivity index is 1.64. The molecule has 3 aliphatic rings. The van der Waals surface area contributed by atoms with Crippen molar-refractivity contribution < 1.29 is 14.3 Å². The Hall–Kier alpha value is -1.69. The normalized spacial score (nSPS) is 29.1. The van der Waals surface area contributed by atoms with Crippen LogP contribution in [0.15, 0.2) is 12.4 Å². The topological polar surface area (TPSA) is 81.2 Å². The van der Waals surface area contributed by atoms with E-state index in [1.54, 1.807) is 6.20 Å². The molecule has 1 N–H and O–H groups in total. The minimum Gasteiger partial charge on any atom is -0.469 e. The van der Waals surface area contributed by atoms with Gasteiger partial charge in [0.15, 0.2) is 5.15 Å². The van der Waals surface area contributed by atoms with E-state index in [0.717, 1.165) is 38.5 Å². The van der Waals surface area contributed by atoms with Gasteiger partial charge in [-0.05, 0) is 38.5 Å². The van der Waals surface area contributed by atoms with Gasteiger partial charge >= 0.3 is 5.97 Å². The lowest BCUT2D eigenvalue weighted by Gasteiger charge is -2.50. The standard InChI is InChI=1S/C16H20ClN3O3/c1-23-14(22)16-5-2-15(3-6-16,4-7-16)13(21)20-10-11-12(17)19-9-8-18-11/h8-9H,2-7,10H2,1H3,(H,20,21). The average Bonchev–Trinajstić information content (AvgIpc) is 2.61. The van der Waals surface area contributed by atoms with Crippen molar-refractivity contribution in [3.8, 4) is 0 Å². The number of methoxy groups -OCH3 is 1. The Bertz CT molecular complexity index is 610. The van der Waals surface area contributed by atoms with Crippen LogP contribution in [0.3, 0.4) is 0 Å². The molecule has 0 saturated heterocycles. The monoisotopic (exact) mass is 337 g/mol. The lowest BCUT2D eigenvalue weighted by atomic mass is 9.53. The van der Waals surface area contributed by atoms with Gasteiger partial charge in [0.1, 0.15) is 0 Å². The van der Waals surface area contributed by atoms with E-state index in [9.17, 15) is 9.59 Å². The van der Waals surface area contributed by atoms with Crippen molar-refractivity contribution in [1.29, 1.82) is 0 Å². The summed E-state index contributed by atoms with van der Waals surface area (Å²) in [4.78, 5) is 32.8. The second kappa shape index (κ2) is 6.07. The van der Waals surface area contributed by atoms with Crippen molar-refractivity contribution >= 4 is 23.5 Å². The molecule has 23 heavy (non-hydrogen) atoms. The molecule has 6 nitrogen and oxygen atoms in total. The van der Waals surface area contributed by atoms with Crippen LogP contribution in [-0.2, 0) is 20.9 Å². The summed E-state index contributed by atoms with van der Waals surface area (Å²) in [5.41, 5.74) is -0.176. The molecule has 0 aromatic carbocycles. The highest BCUT2D eigenvalue weighted by Gasteiger charge is 2.55. The van der Waals surface area contributed by atoms with Gasteiger partial charge in [-0.2, -0.15) is 0 Å². The summed E-state index contributed by atoms with van der Waals surface area (Å²) in [6.45, 7) is 0.273. The van der Waals surface area contributed by atoms with Gasteiger partial charge in [-0.3, -0.25) is 14.6 Å². The Morgan fingerprint density at radius 2 is 1.70 bits per heavy atom. The second-order valence-electron chi connectivity index (χ2n) is 6.53. The van der Waals surface area contributed by atoms with Crippen LogP contribution in [0.1, 0.15) is 44.2 Å². The molecule has 1 heterocycles. The summed E-state index contributed by atoms with van der Waals surface area (Å²) in [7, 11) is 1.44. The number of rotatable bonds is 4. The van der Waals surface area contributed by atoms with E-state index in [-0.39, 0.29) is 29.3 Å². The maximum absolute atomic E-state index is 12.7. The van der Waals surface area contributed by atoms with Crippen LogP contribution >= 0.6 is 11.6 Å². The molecule has 1 amide bonds. The van der Waals surface area contributed by atoms with E-state index in [4.69, 9.17) is 16.3 Å². The molecule has 3 aliphatic carbocycles. The number of amides is 1. The number of halogens is 1. The first kappa shape index (κ1) is 16.2. The molecule has 1 aromatic rings.